The van der Waals surface area contributed by atoms with E-state index in [4.69, 9.17) is 4.74 Å². The fraction of sp³-hybridized carbons (Fsp3) is 0.429. The van der Waals surface area contributed by atoms with Gasteiger partial charge >= 0.3 is 0 Å². The fourth-order valence-electron chi connectivity index (χ4n) is 4.05. The van der Waals surface area contributed by atoms with Crippen molar-refractivity contribution in [1.29, 1.82) is 0 Å². The molecule has 2 saturated heterocycles. The summed E-state index contributed by atoms with van der Waals surface area (Å²) in [4.78, 5) is 7.70. The molecule has 2 fully saturated rings. The minimum Gasteiger partial charge on any atom is -0.497 e. The molecular weight excluding hydrogens is 310 g/mol. The highest BCUT2D eigenvalue weighted by Gasteiger charge is 2.30. The van der Waals surface area contributed by atoms with Gasteiger partial charge in [0.2, 0.25) is 0 Å². The van der Waals surface area contributed by atoms with Crippen molar-refractivity contribution in [2.45, 2.75) is 12.5 Å². The third-order valence-corrected chi connectivity index (χ3v) is 5.55. The van der Waals surface area contributed by atoms with Gasteiger partial charge in [-0.15, -0.1) is 0 Å². The van der Waals surface area contributed by atoms with Crippen LogP contribution >= 0.6 is 0 Å². The number of para-hydroxylation sites is 1. The van der Waals surface area contributed by atoms with Crippen LogP contribution in [0.4, 0.5) is 11.4 Å². The van der Waals surface area contributed by atoms with Crippen molar-refractivity contribution in [2.24, 2.45) is 0 Å². The lowest BCUT2D eigenvalue weighted by Gasteiger charge is -2.39. The van der Waals surface area contributed by atoms with Crippen molar-refractivity contribution in [1.82, 2.24) is 4.90 Å². The Labute approximate surface area is 150 Å². The third-order valence-electron chi connectivity index (χ3n) is 5.55. The Morgan fingerprint density at radius 1 is 0.760 bits per heavy atom. The van der Waals surface area contributed by atoms with E-state index in [0.717, 1.165) is 38.5 Å². The minimum atomic E-state index is 0.693. The molecule has 0 bridgehead atoms. The van der Waals surface area contributed by atoms with Crippen LogP contribution in [0, 0.1) is 0 Å². The lowest BCUT2D eigenvalue weighted by atomic mass is 10.1. The summed E-state index contributed by atoms with van der Waals surface area (Å²) < 4.78 is 5.26. The molecule has 2 aliphatic heterocycles. The lowest BCUT2D eigenvalue weighted by Crippen LogP contribution is -2.51. The molecule has 132 valence electrons. The maximum atomic E-state index is 5.26. The highest BCUT2D eigenvalue weighted by atomic mass is 16.5. The van der Waals surface area contributed by atoms with Crippen LogP contribution in [-0.4, -0.2) is 57.3 Å². The number of benzene rings is 2. The number of ether oxygens (including phenoxy) is 1. The van der Waals surface area contributed by atoms with Crippen LogP contribution in [-0.2, 0) is 0 Å². The van der Waals surface area contributed by atoms with Crippen molar-refractivity contribution >= 4 is 11.4 Å². The van der Waals surface area contributed by atoms with Gasteiger partial charge in [0.1, 0.15) is 5.75 Å². The molecule has 2 heterocycles. The van der Waals surface area contributed by atoms with E-state index in [2.05, 4.69) is 69.3 Å². The van der Waals surface area contributed by atoms with E-state index in [-0.39, 0.29) is 0 Å². The number of hydrogen-bond acceptors (Lipinski definition) is 4. The van der Waals surface area contributed by atoms with E-state index in [1.807, 2.05) is 0 Å². The fourth-order valence-corrected chi connectivity index (χ4v) is 4.05. The molecule has 0 radical (unpaired) electrons. The largest absolute Gasteiger partial charge is 0.497 e. The first-order chi connectivity index (χ1) is 12.3. The van der Waals surface area contributed by atoms with Crippen molar-refractivity contribution < 1.29 is 4.74 Å². The molecule has 0 saturated carbocycles. The number of methoxy groups -OCH3 is 1. The summed E-state index contributed by atoms with van der Waals surface area (Å²) in [6, 6.07) is 19.9. The number of hydrogen-bond donors (Lipinski definition) is 0. The Morgan fingerprint density at radius 2 is 1.44 bits per heavy atom. The maximum Gasteiger partial charge on any atom is 0.119 e. The quantitative estimate of drug-likeness (QED) is 0.853. The van der Waals surface area contributed by atoms with Crippen molar-refractivity contribution in [3.63, 3.8) is 0 Å². The van der Waals surface area contributed by atoms with Gasteiger partial charge in [0.05, 0.1) is 7.11 Å². The monoisotopic (exact) mass is 337 g/mol. The molecule has 4 rings (SSSR count). The van der Waals surface area contributed by atoms with E-state index in [0.29, 0.717) is 6.04 Å². The van der Waals surface area contributed by atoms with Gasteiger partial charge in [-0.25, -0.2) is 0 Å². The Hall–Kier alpha value is -2.20. The maximum absolute atomic E-state index is 5.26. The zero-order valence-electron chi connectivity index (χ0n) is 15.0. The van der Waals surface area contributed by atoms with Crippen LogP contribution in [0.2, 0.25) is 0 Å². The zero-order valence-corrected chi connectivity index (χ0v) is 15.0. The van der Waals surface area contributed by atoms with Crippen LogP contribution in [0.25, 0.3) is 0 Å². The molecule has 0 aromatic heterocycles. The molecule has 1 unspecified atom stereocenters. The molecular formula is C21H27N3O. The van der Waals surface area contributed by atoms with Crippen LogP contribution in [0.3, 0.4) is 0 Å². The van der Waals surface area contributed by atoms with Gasteiger partial charge in [-0.1, -0.05) is 18.2 Å². The highest BCUT2D eigenvalue weighted by Crippen LogP contribution is 2.25. The van der Waals surface area contributed by atoms with Crippen molar-refractivity contribution in [3.8, 4) is 5.75 Å². The molecule has 4 heteroatoms. The Morgan fingerprint density at radius 3 is 2.12 bits per heavy atom. The topological polar surface area (TPSA) is 19.0 Å². The van der Waals surface area contributed by atoms with Gasteiger partial charge in [-0.2, -0.15) is 0 Å². The standard InChI is InChI=1S/C21H27N3O/c1-25-21-9-7-19(8-10-21)22-13-15-23(16-14-22)20-11-12-24(17-20)18-5-3-2-4-6-18/h2-10,20H,11-17H2,1H3. The molecule has 2 aromatic rings. The van der Waals surface area contributed by atoms with Gasteiger partial charge in [0.15, 0.2) is 0 Å². The van der Waals surface area contributed by atoms with Gasteiger partial charge < -0.3 is 14.5 Å². The smallest absolute Gasteiger partial charge is 0.119 e. The SMILES string of the molecule is COc1ccc(N2CCN(C3CCN(c4ccccc4)C3)CC2)cc1. The second-order valence-electron chi connectivity index (χ2n) is 6.95. The van der Waals surface area contributed by atoms with Gasteiger partial charge in [0.25, 0.3) is 0 Å². The first-order valence-corrected chi connectivity index (χ1v) is 9.26. The summed E-state index contributed by atoms with van der Waals surface area (Å²) >= 11 is 0. The van der Waals surface area contributed by atoms with Crippen LogP contribution in [0.5, 0.6) is 5.75 Å². The van der Waals surface area contributed by atoms with E-state index in [9.17, 15) is 0 Å². The van der Waals surface area contributed by atoms with Crippen LogP contribution in [0.1, 0.15) is 6.42 Å². The molecule has 0 spiro atoms. The first-order valence-electron chi connectivity index (χ1n) is 9.26. The molecule has 0 amide bonds. The van der Waals surface area contributed by atoms with Crippen LogP contribution in [0.15, 0.2) is 54.6 Å². The predicted molar refractivity (Wildman–Crippen MR) is 104 cm³/mol. The molecule has 1 atom stereocenters. The Balaban J connectivity index is 1.31. The first kappa shape index (κ1) is 16.3. The summed E-state index contributed by atoms with van der Waals surface area (Å²) in [5, 5.41) is 0. The second kappa shape index (κ2) is 7.36. The number of rotatable bonds is 4. The van der Waals surface area contributed by atoms with Gasteiger partial charge in [0, 0.05) is 56.7 Å². The highest BCUT2D eigenvalue weighted by molar-refractivity contribution is 5.50. The number of anilines is 2. The normalized spacial score (nSPS) is 21.6. The number of nitrogens with zero attached hydrogens (tertiary/aromatic N) is 3. The van der Waals surface area contributed by atoms with Crippen molar-refractivity contribution in [2.75, 3.05) is 56.2 Å². The van der Waals surface area contributed by atoms with Gasteiger partial charge in [-0.05, 0) is 42.8 Å². The molecule has 0 N–H and O–H groups in total. The summed E-state index contributed by atoms with van der Waals surface area (Å²) in [5.41, 5.74) is 2.67. The lowest BCUT2D eigenvalue weighted by molar-refractivity contribution is 0.198. The molecule has 0 aliphatic carbocycles. The molecule has 2 aromatic carbocycles. The minimum absolute atomic E-state index is 0.693. The third kappa shape index (κ3) is 3.59. The Bertz CT molecular complexity index is 665. The molecule has 4 nitrogen and oxygen atoms in total. The molecule has 2 aliphatic rings. The Kier molecular flexibility index (Phi) is 4.79. The van der Waals surface area contributed by atoms with Gasteiger partial charge in [-0.3, -0.25) is 4.90 Å². The van der Waals surface area contributed by atoms with E-state index in [1.165, 1.54) is 24.3 Å². The van der Waals surface area contributed by atoms with Crippen molar-refractivity contribution in [3.05, 3.63) is 54.6 Å². The van der Waals surface area contributed by atoms with E-state index in [1.54, 1.807) is 7.11 Å². The average molecular weight is 337 g/mol. The number of piperazine rings is 1. The predicted octanol–water partition coefficient (Wildman–Crippen LogP) is 3.10. The summed E-state index contributed by atoms with van der Waals surface area (Å²) in [7, 11) is 1.72. The summed E-state index contributed by atoms with van der Waals surface area (Å²) in [5.74, 6) is 0.925. The summed E-state index contributed by atoms with van der Waals surface area (Å²) in [6.45, 7) is 6.85. The van der Waals surface area contributed by atoms with E-state index >= 15 is 0 Å². The second-order valence-corrected chi connectivity index (χ2v) is 6.95. The molecule has 25 heavy (non-hydrogen) atoms. The summed E-state index contributed by atoms with van der Waals surface area (Å²) in [6.07, 6.45) is 1.28. The van der Waals surface area contributed by atoms with E-state index < -0.39 is 0 Å². The van der Waals surface area contributed by atoms with Crippen LogP contribution < -0.4 is 14.5 Å². The average Bonchev–Trinajstić information content (AvgIpc) is 3.19. The zero-order chi connectivity index (χ0) is 17.1.